The second kappa shape index (κ2) is 66.5. The molecule has 0 aliphatic rings. The molecule has 0 saturated carbocycles. The summed E-state index contributed by atoms with van der Waals surface area (Å²) in [5.74, 6) is -0.852. The quantitative estimate of drug-likeness (QED) is 0.0264. The van der Waals surface area contributed by atoms with E-state index in [0.29, 0.717) is 6.42 Å². The van der Waals surface area contributed by atoms with Crippen molar-refractivity contribution < 1.29 is 37.6 Å². The molecule has 0 aromatic rings. The third-order valence-corrected chi connectivity index (χ3v) is 14.1. The van der Waals surface area contributed by atoms with Crippen LogP contribution in [0.3, 0.4) is 0 Å². The first kappa shape index (κ1) is 78.4. The molecule has 83 heavy (non-hydrogen) atoms. The number of phosphoric ester groups is 1. The number of nitrogens with two attached hydrogens (primary N) is 1. The molecule has 9 nitrogen and oxygen atoms in total. The van der Waals surface area contributed by atoms with Crippen molar-refractivity contribution in [2.24, 2.45) is 5.73 Å². The highest BCUT2D eigenvalue weighted by molar-refractivity contribution is 7.47. The third kappa shape index (κ3) is 66.4. The van der Waals surface area contributed by atoms with Crippen molar-refractivity contribution >= 4 is 19.8 Å². The lowest BCUT2D eigenvalue weighted by atomic mass is 10.1. The van der Waals surface area contributed by atoms with Crippen molar-refractivity contribution in [1.29, 1.82) is 0 Å². The molecule has 0 spiro atoms. The zero-order chi connectivity index (χ0) is 60.1. The van der Waals surface area contributed by atoms with E-state index in [-0.39, 0.29) is 32.6 Å². The van der Waals surface area contributed by atoms with Crippen LogP contribution in [0.15, 0.2) is 170 Å². The Morgan fingerprint density at radius 3 is 0.928 bits per heavy atom. The molecule has 0 bridgehead atoms. The Morgan fingerprint density at radius 2 is 0.627 bits per heavy atom. The molecule has 0 amide bonds. The summed E-state index contributed by atoms with van der Waals surface area (Å²) in [6.07, 6.45) is 98.5. The number of hydrogen-bond donors (Lipinski definition) is 2. The first-order valence-electron chi connectivity index (χ1n) is 32.6. The number of carbonyl (C=O) groups is 2. The van der Waals surface area contributed by atoms with E-state index < -0.39 is 32.5 Å². The first-order chi connectivity index (χ1) is 40.8. The Kier molecular flexibility index (Phi) is 62.8. The summed E-state index contributed by atoms with van der Waals surface area (Å²) >= 11 is 0. The van der Waals surface area contributed by atoms with Crippen molar-refractivity contribution in [2.75, 3.05) is 26.4 Å². The van der Waals surface area contributed by atoms with Crippen LogP contribution >= 0.6 is 7.82 Å². The lowest BCUT2D eigenvalue weighted by Crippen LogP contribution is -2.29. The molecular weight excluding hydrogens is 1050 g/mol. The van der Waals surface area contributed by atoms with Gasteiger partial charge in [0.2, 0.25) is 0 Å². The van der Waals surface area contributed by atoms with Gasteiger partial charge in [-0.1, -0.05) is 274 Å². The van der Waals surface area contributed by atoms with Crippen LogP contribution in [-0.4, -0.2) is 49.3 Å². The smallest absolute Gasteiger partial charge is 0.462 e. The summed E-state index contributed by atoms with van der Waals surface area (Å²) < 4.78 is 33.1. The molecule has 0 heterocycles. The van der Waals surface area contributed by atoms with Gasteiger partial charge in [-0.15, -0.1) is 0 Å². The van der Waals surface area contributed by atoms with Gasteiger partial charge in [0.1, 0.15) is 6.61 Å². The lowest BCUT2D eigenvalue weighted by Gasteiger charge is -2.19. The lowest BCUT2D eigenvalue weighted by molar-refractivity contribution is -0.161. The molecular formula is C73H118NO8P. The van der Waals surface area contributed by atoms with Crippen LogP contribution in [0.25, 0.3) is 0 Å². The summed E-state index contributed by atoms with van der Waals surface area (Å²) in [7, 11) is -4.41. The summed E-state index contributed by atoms with van der Waals surface area (Å²) in [5, 5.41) is 0. The number of esters is 2. The standard InChI is InChI=1S/C73H118NO8P/c1-3-5-7-9-11-13-15-17-19-21-23-25-27-28-29-30-31-32-33-34-35-36-37-38-39-40-41-42-44-46-48-50-52-54-56-58-60-62-64-66-73(76)82-71(70-81-83(77,78)80-68-67-74)69-79-72(75)65-63-61-59-57-55-53-51-49-47-45-43-26-24-22-20-18-16-14-12-10-8-6-4-2/h5-8,11-14,17-20,23-26,28-29,31-32,34-35,37-38,40-41,44,46,71H,3-4,9-10,15-16,21-22,27,30,33,36,39,42-43,45,47-70,74H2,1-2H3,(H,77,78)/b7-5-,8-6-,13-11-,14-12-,19-17-,20-18-,25-23-,26-24-,29-28-,32-31-,35-34-,38-37-,41-40-,46-44-. The van der Waals surface area contributed by atoms with Gasteiger partial charge in [0.25, 0.3) is 0 Å². The van der Waals surface area contributed by atoms with Gasteiger partial charge in [0.05, 0.1) is 13.2 Å². The molecule has 0 saturated heterocycles. The largest absolute Gasteiger partial charge is 0.472 e. The molecule has 2 unspecified atom stereocenters. The van der Waals surface area contributed by atoms with Crippen LogP contribution < -0.4 is 5.73 Å². The van der Waals surface area contributed by atoms with Crippen molar-refractivity contribution in [2.45, 2.75) is 251 Å². The van der Waals surface area contributed by atoms with E-state index in [1.54, 1.807) is 0 Å². The van der Waals surface area contributed by atoms with Gasteiger partial charge < -0.3 is 20.1 Å². The first-order valence-corrected chi connectivity index (χ1v) is 34.1. The SMILES string of the molecule is CC/C=C\C/C=C\C/C=C\C/C=C\C/C=C\C/C=C\C/C=C\C/C=C\C/C=C\C/C=C\CCCCCCCCCCC(=O)OC(COC(=O)CCCCCCCCCCCC/C=C\C/C=C\C/C=C\C/C=C\CC)COP(=O)(O)OCCN. The monoisotopic (exact) mass is 1170 g/mol. The fraction of sp³-hybridized carbons (Fsp3) is 0.589. The van der Waals surface area contributed by atoms with E-state index in [4.69, 9.17) is 24.3 Å². The minimum atomic E-state index is -4.41. The molecule has 0 aliphatic heterocycles. The number of phosphoric acid groups is 1. The Bertz CT molecular complexity index is 1960. The van der Waals surface area contributed by atoms with Crippen LogP contribution in [-0.2, 0) is 32.7 Å². The highest BCUT2D eigenvalue weighted by Gasteiger charge is 2.26. The van der Waals surface area contributed by atoms with Gasteiger partial charge in [-0.25, -0.2) is 4.57 Å². The Morgan fingerprint density at radius 1 is 0.361 bits per heavy atom. The minimum Gasteiger partial charge on any atom is -0.462 e. The average Bonchev–Trinajstić information content (AvgIpc) is 3.48. The highest BCUT2D eigenvalue weighted by atomic mass is 31.2. The predicted molar refractivity (Wildman–Crippen MR) is 357 cm³/mol. The maximum absolute atomic E-state index is 12.7. The van der Waals surface area contributed by atoms with Gasteiger partial charge in [-0.2, -0.15) is 0 Å². The summed E-state index contributed by atoms with van der Waals surface area (Å²) in [6.45, 7) is 3.49. The van der Waals surface area contributed by atoms with Crippen LogP contribution in [0.1, 0.15) is 245 Å². The number of rotatable bonds is 59. The molecule has 0 fully saturated rings. The molecule has 2 atom stereocenters. The second-order valence-corrected chi connectivity index (χ2v) is 22.3. The fourth-order valence-corrected chi connectivity index (χ4v) is 9.13. The molecule has 0 radical (unpaired) electrons. The number of allylic oxidation sites excluding steroid dienone is 28. The van der Waals surface area contributed by atoms with Crippen molar-refractivity contribution in [3.63, 3.8) is 0 Å². The molecule has 0 aromatic carbocycles. The van der Waals surface area contributed by atoms with Gasteiger partial charge in [0.15, 0.2) is 6.10 Å². The predicted octanol–water partition coefficient (Wildman–Crippen LogP) is 21.4. The van der Waals surface area contributed by atoms with E-state index in [0.717, 1.165) is 148 Å². The van der Waals surface area contributed by atoms with Gasteiger partial charge in [-0.3, -0.25) is 18.6 Å². The summed E-state index contributed by atoms with van der Waals surface area (Å²) in [5.41, 5.74) is 5.39. The molecule has 10 heteroatoms. The maximum atomic E-state index is 12.7. The number of unbranched alkanes of at least 4 members (excludes halogenated alkanes) is 18. The second-order valence-electron chi connectivity index (χ2n) is 20.9. The Hall–Kier alpha value is -4.63. The normalized spacial score (nSPS) is 14.1. The highest BCUT2D eigenvalue weighted by Crippen LogP contribution is 2.43. The van der Waals surface area contributed by atoms with Gasteiger partial charge in [-0.05, 0) is 128 Å². The Labute approximate surface area is 508 Å². The topological polar surface area (TPSA) is 134 Å². The van der Waals surface area contributed by atoms with Crippen LogP contribution in [0.4, 0.5) is 0 Å². The van der Waals surface area contributed by atoms with Gasteiger partial charge in [0, 0.05) is 19.4 Å². The Balaban J connectivity index is 4.01. The molecule has 0 aliphatic carbocycles. The van der Waals surface area contributed by atoms with E-state index in [9.17, 15) is 19.0 Å². The zero-order valence-electron chi connectivity index (χ0n) is 52.4. The molecule has 468 valence electrons. The zero-order valence-corrected chi connectivity index (χ0v) is 53.3. The van der Waals surface area contributed by atoms with Crippen LogP contribution in [0.5, 0.6) is 0 Å². The number of ether oxygens (including phenoxy) is 2. The van der Waals surface area contributed by atoms with Crippen molar-refractivity contribution in [3.05, 3.63) is 170 Å². The van der Waals surface area contributed by atoms with Crippen molar-refractivity contribution in [3.8, 4) is 0 Å². The fourth-order valence-electron chi connectivity index (χ4n) is 8.36. The van der Waals surface area contributed by atoms with Crippen LogP contribution in [0.2, 0.25) is 0 Å². The molecule has 3 N–H and O–H groups in total. The third-order valence-electron chi connectivity index (χ3n) is 13.1. The number of carbonyl (C=O) groups excluding carboxylic acids is 2. The maximum Gasteiger partial charge on any atom is 0.472 e. The average molecular weight is 1170 g/mol. The van der Waals surface area contributed by atoms with Gasteiger partial charge >= 0.3 is 19.8 Å². The van der Waals surface area contributed by atoms with E-state index in [1.807, 2.05) is 0 Å². The van der Waals surface area contributed by atoms with Crippen molar-refractivity contribution in [1.82, 2.24) is 0 Å². The summed E-state index contributed by atoms with van der Waals surface area (Å²) in [4.78, 5) is 35.3. The minimum absolute atomic E-state index is 0.0428. The molecule has 0 rings (SSSR count). The van der Waals surface area contributed by atoms with Crippen LogP contribution in [0, 0.1) is 0 Å². The summed E-state index contributed by atoms with van der Waals surface area (Å²) in [6, 6.07) is 0. The van der Waals surface area contributed by atoms with E-state index in [2.05, 4.69) is 184 Å². The van der Waals surface area contributed by atoms with E-state index >= 15 is 0 Å². The molecule has 0 aromatic heterocycles. The number of hydrogen-bond acceptors (Lipinski definition) is 8. The van der Waals surface area contributed by atoms with E-state index in [1.165, 1.54) is 64.2 Å².